The van der Waals surface area contributed by atoms with Gasteiger partial charge in [-0.15, -0.1) is 0 Å². The maximum atomic E-state index is 10.4. The smallest absolute Gasteiger partial charge is 0.227 e. The zero-order valence-corrected chi connectivity index (χ0v) is 5.32. The van der Waals surface area contributed by atoms with Crippen LogP contribution >= 0.6 is 0 Å². The minimum absolute atomic E-state index is 0.633. The molecule has 10 heavy (non-hydrogen) atoms. The highest BCUT2D eigenvalue weighted by Crippen LogP contribution is 2.10. The summed E-state index contributed by atoms with van der Waals surface area (Å²) in [5, 5.41) is 2.62. The summed E-state index contributed by atoms with van der Waals surface area (Å²) in [5.74, 6) is 0. The number of nitrogens with one attached hydrogen (secondary N) is 1. The fourth-order valence-electron chi connectivity index (χ4n) is 0.562. The Bertz CT molecular complexity index is 185. The lowest BCUT2D eigenvalue weighted by molar-refractivity contribution is -0.110. The third-order valence-electron chi connectivity index (χ3n) is 1.17. The van der Waals surface area contributed by atoms with Gasteiger partial charge in [0.25, 0.3) is 0 Å². The van der Waals surface area contributed by atoms with Crippen LogP contribution in [0.4, 0.5) is 0 Å². The highest BCUT2D eigenvalue weighted by molar-refractivity contribution is 5.83. The molecule has 1 heterocycles. The van der Waals surface area contributed by atoms with Gasteiger partial charge in [0.1, 0.15) is 0 Å². The molecule has 0 aromatic rings. The van der Waals surface area contributed by atoms with Gasteiger partial charge in [-0.1, -0.05) is 6.58 Å². The number of nitrogens with zero attached hydrogens (tertiary/aromatic N) is 2. The van der Waals surface area contributed by atoms with Gasteiger partial charge >= 0.3 is 0 Å². The standard InChI is InChI=1S/C6H7N3O/c1-2-6(3-10)8-4-7-5-9-6/h2-5H,1H2,(H,7,8,9). The van der Waals surface area contributed by atoms with Gasteiger partial charge in [-0.25, -0.2) is 9.98 Å². The zero-order valence-electron chi connectivity index (χ0n) is 5.32. The highest BCUT2D eigenvalue weighted by Gasteiger charge is 2.22. The van der Waals surface area contributed by atoms with Gasteiger partial charge in [-0.3, -0.25) is 4.79 Å². The minimum Gasteiger partial charge on any atom is -0.338 e. The predicted molar refractivity (Wildman–Crippen MR) is 39.1 cm³/mol. The van der Waals surface area contributed by atoms with E-state index in [0.717, 1.165) is 0 Å². The molecule has 4 heteroatoms. The van der Waals surface area contributed by atoms with Gasteiger partial charge in [-0.05, 0) is 6.08 Å². The molecule has 0 unspecified atom stereocenters. The second kappa shape index (κ2) is 2.43. The number of carbonyl (C=O) groups is 1. The number of rotatable bonds is 2. The molecular weight excluding hydrogens is 130 g/mol. The Balaban J connectivity index is 2.91. The van der Waals surface area contributed by atoms with E-state index in [1.54, 1.807) is 0 Å². The first-order valence-corrected chi connectivity index (χ1v) is 2.76. The summed E-state index contributed by atoms with van der Waals surface area (Å²) < 4.78 is 0. The van der Waals surface area contributed by atoms with Crippen LogP contribution < -0.4 is 5.32 Å². The molecule has 0 aliphatic carbocycles. The molecule has 0 bridgehead atoms. The summed E-state index contributed by atoms with van der Waals surface area (Å²) in [5.41, 5.74) is -1.08. The summed E-state index contributed by atoms with van der Waals surface area (Å²) in [4.78, 5) is 17.9. The van der Waals surface area contributed by atoms with Crippen molar-refractivity contribution in [2.75, 3.05) is 0 Å². The Morgan fingerprint density at radius 1 is 1.50 bits per heavy atom. The van der Waals surface area contributed by atoms with Gasteiger partial charge in [-0.2, -0.15) is 0 Å². The molecular formula is C6H7N3O. The molecule has 0 radical (unpaired) electrons. The van der Waals surface area contributed by atoms with E-state index < -0.39 is 5.66 Å². The third-order valence-corrected chi connectivity index (χ3v) is 1.17. The van der Waals surface area contributed by atoms with Crippen molar-refractivity contribution in [2.24, 2.45) is 9.98 Å². The van der Waals surface area contributed by atoms with Gasteiger partial charge in [0, 0.05) is 0 Å². The number of carbonyl (C=O) groups excluding carboxylic acids is 1. The molecule has 0 aromatic carbocycles. The first kappa shape index (κ1) is 6.67. The quantitative estimate of drug-likeness (QED) is 0.420. The summed E-state index contributed by atoms with van der Waals surface area (Å²) in [6.07, 6.45) is 4.83. The van der Waals surface area contributed by atoms with Crippen LogP contribution in [0.15, 0.2) is 22.6 Å². The van der Waals surface area contributed by atoms with Gasteiger partial charge in [0.15, 0.2) is 6.29 Å². The van der Waals surface area contributed by atoms with E-state index in [0.29, 0.717) is 6.29 Å². The van der Waals surface area contributed by atoms with E-state index >= 15 is 0 Å². The molecule has 0 atom stereocenters. The van der Waals surface area contributed by atoms with Gasteiger partial charge in [0.2, 0.25) is 5.66 Å². The fraction of sp³-hybridized carbons (Fsp3) is 0.167. The topological polar surface area (TPSA) is 53.8 Å². The lowest BCUT2D eigenvalue weighted by atomic mass is 10.2. The molecule has 1 aliphatic rings. The number of hydrogen-bond donors (Lipinski definition) is 1. The van der Waals surface area contributed by atoms with Gasteiger partial charge < -0.3 is 5.32 Å². The minimum atomic E-state index is -1.08. The SMILES string of the molecule is C=CC1(C=O)N=CNC=N1. The van der Waals surface area contributed by atoms with Crippen LogP contribution in [0.2, 0.25) is 0 Å². The molecule has 52 valence electrons. The normalized spacial score (nSPS) is 19.6. The number of aldehydes is 1. The monoisotopic (exact) mass is 137 g/mol. The molecule has 0 aromatic heterocycles. The van der Waals surface area contributed by atoms with Crippen LogP contribution in [0.1, 0.15) is 0 Å². The third kappa shape index (κ3) is 0.953. The Hall–Kier alpha value is -1.45. The van der Waals surface area contributed by atoms with Crippen LogP contribution in [0.25, 0.3) is 0 Å². The summed E-state index contributed by atoms with van der Waals surface area (Å²) in [6.45, 7) is 3.44. The van der Waals surface area contributed by atoms with Crippen LogP contribution in [0.5, 0.6) is 0 Å². The van der Waals surface area contributed by atoms with Crippen molar-refractivity contribution in [3.63, 3.8) is 0 Å². The summed E-state index contributed by atoms with van der Waals surface area (Å²) >= 11 is 0. The van der Waals surface area contributed by atoms with Crippen LogP contribution in [0.3, 0.4) is 0 Å². The highest BCUT2D eigenvalue weighted by atomic mass is 16.1. The van der Waals surface area contributed by atoms with E-state index in [9.17, 15) is 4.79 Å². The van der Waals surface area contributed by atoms with Crippen LogP contribution in [-0.2, 0) is 4.79 Å². The maximum Gasteiger partial charge on any atom is 0.227 e. The average Bonchev–Trinajstić information content (AvgIpc) is 2.06. The molecule has 0 fully saturated rings. The van der Waals surface area contributed by atoms with E-state index in [1.165, 1.54) is 18.8 Å². The second-order valence-electron chi connectivity index (χ2n) is 1.79. The van der Waals surface area contributed by atoms with Crippen molar-refractivity contribution in [3.8, 4) is 0 Å². The van der Waals surface area contributed by atoms with Crippen LogP contribution in [0, 0.1) is 0 Å². The maximum absolute atomic E-state index is 10.4. The fourth-order valence-corrected chi connectivity index (χ4v) is 0.562. The van der Waals surface area contributed by atoms with Crippen molar-refractivity contribution in [3.05, 3.63) is 12.7 Å². The van der Waals surface area contributed by atoms with E-state index in [-0.39, 0.29) is 0 Å². The summed E-state index contributed by atoms with van der Waals surface area (Å²) in [6, 6.07) is 0. The molecule has 0 spiro atoms. The first-order chi connectivity index (χ1) is 4.83. The molecule has 1 N–H and O–H groups in total. The molecule has 1 aliphatic heterocycles. The Labute approximate surface area is 58.4 Å². The number of aliphatic imine (C=N–C) groups is 2. The average molecular weight is 137 g/mol. The van der Waals surface area contributed by atoms with Crippen molar-refractivity contribution in [2.45, 2.75) is 5.66 Å². The van der Waals surface area contributed by atoms with E-state index in [1.807, 2.05) is 0 Å². The lowest BCUT2D eigenvalue weighted by Crippen LogP contribution is -2.30. The Morgan fingerprint density at radius 2 is 2.10 bits per heavy atom. The van der Waals surface area contributed by atoms with Crippen molar-refractivity contribution < 1.29 is 4.79 Å². The Kier molecular flexibility index (Phi) is 1.62. The van der Waals surface area contributed by atoms with Crippen molar-refractivity contribution >= 4 is 19.0 Å². The van der Waals surface area contributed by atoms with E-state index in [4.69, 9.17) is 0 Å². The predicted octanol–water partition coefficient (Wildman–Crippen LogP) is -0.273. The lowest BCUT2D eigenvalue weighted by Gasteiger charge is -2.15. The van der Waals surface area contributed by atoms with Gasteiger partial charge in [0.05, 0.1) is 12.7 Å². The molecule has 0 amide bonds. The van der Waals surface area contributed by atoms with E-state index in [2.05, 4.69) is 21.9 Å². The molecule has 1 rings (SSSR count). The Morgan fingerprint density at radius 3 is 2.40 bits per heavy atom. The van der Waals surface area contributed by atoms with Crippen LogP contribution in [-0.4, -0.2) is 24.6 Å². The first-order valence-electron chi connectivity index (χ1n) is 2.76. The largest absolute Gasteiger partial charge is 0.338 e. The molecule has 4 nitrogen and oxygen atoms in total. The van der Waals surface area contributed by atoms with Crippen molar-refractivity contribution in [1.82, 2.24) is 5.32 Å². The van der Waals surface area contributed by atoms with Crippen molar-refractivity contribution in [1.29, 1.82) is 0 Å². The zero-order chi connectivity index (χ0) is 7.45. The molecule has 0 saturated heterocycles. The second-order valence-corrected chi connectivity index (χ2v) is 1.79. The molecule has 0 saturated carbocycles. The number of hydrogen-bond acceptors (Lipinski definition) is 4. The summed E-state index contributed by atoms with van der Waals surface area (Å²) in [7, 11) is 0.